The summed E-state index contributed by atoms with van der Waals surface area (Å²) in [6.07, 6.45) is 0.329. The highest BCUT2D eigenvalue weighted by atomic mass is 19.1. The Bertz CT molecular complexity index is 552. The summed E-state index contributed by atoms with van der Waals surface area (Å²) >= 11 is 0. The number of ether oxygens (including phenoxy) is 1. The van der Waals surface area contributed by atoms with Crippen LogP contribution in [-0.4, -0.2) is 17.7 Å². The third-order valence-electron chi connectivity index (χ3n) is 2.99. The number of carboxylic acids is 1. The van der Waals surface area contributed by atoms with Crippen molar-refractivity contribution in [2.24, 2.45) is 0 Å². The highest BCUT2D eigenvalue weighted by molar-refractivity contribution is 5.76. The van der Waals surface area contributed by atoms with Gasteiger partial charge in [-0.25, -0.2) is 4.39 Å². The molecule has 0 saturated carbocycles. The SMILES string of the molecule is O=C(O)C(CCOc1ccccc1)c1ccc(F)cc1. The lowest BCUT2D eigenvalue weighted by Crippen LogP contribution is -2.15. The van der Waals surface area contributed by atoms with Crippen LogP contribution in [0.5, 0.6) is 5.75 Å². The molecule has 0 aromatic heterocycles. The van der Waals surface area contributed by atoms with Gasteiger partial charge in [-0.15, -0.1) is 0 Å². The standard InChI is InChI=1S/C16H15FO3/c17-13-8-6-12(7-9-13)15(16(18)19)10-11-20-14-4-2-1-3-5-14/h1-9,15H,10-11H2,(H,18,19). The summed E-state index contributed by atoms with van der Waals surface area (Å²) < 4.78 is 18.3. The lowest BCUT2D eigenvalue weighted by molar-refractivity contribution is -0.139. The van der Waals surface area contributed by atoms with E-state index in [0.29, 0.717) is 24.3 Å². The molecule has 20 heavy (non-hydrogen) atoms. The summed E-state index contributed by atoms with van der Waals surface area (Å²) in [5.74, 6) is -1.30. The van der Waals surface area contributed by atoms with E-state index >= 15 is 0 Å². The van der Waals surface area contributed by atoms with Gasteiger partial charge in [0, 0.05) is 0 Å². The Labute approximate surface area is 116 Å². The van der Waals surface area contributed by atoms with Crippen LogP contribution in [0.15, 0.2) is 54.6 Å². The van der Waals surface area contributed by atoms with Gasteiger partial charge in [-0.1, -0.05) is 30.3 Å². The molecule has 0 spiro atoms. The summed E-state index contributed by atoms with van der Waals surface area (Å²) in [6.45, 7) is 0.290. The van der Waals surface area contributed by atoms with Gasteiger partial charge in [-0.05, 0) is 36.2 Å². The normalized spacial score (nSPS) is 11.8. The summed E-state index contributed by atoms with van der Waals surface area (Å²) in [5.41, 5.74) is 0.579. The monoisotopic (exact) mass is 274 g/mol. The van der Waals surface area contributed by atoms with E-state index in [-0.39, 0.29) is 5.82 Å². The smallest absolute Gasteiger partial charge is 0.311 e. The fourth-order valence-corrected chi connectivity index (χ4v) is 1.94. The molecule has 104 valence electrons. The highest BCUT2D eigenvalue weighted by Crippen LogP contribution is 2.21. The van der Waals surface area contributed by atoms with Gasteiger partial charge in [0.15, 0.2) is 0 Å². The van der Waals surface area contributed by atoms with E-state index in [0.717, 1.165) is 0 Å². The molecule has 1 N–H and O–H groups in total. The first-order valence-electron chi connectivity index (χ1n) is 6.33. The zero-order chi connectivity index (χ0) is 14.4. The van der Waals surface area contributed by atoms with Gasteiger partial charge in [-0.3, -0.25) is 4.79 Å². The Kier molecular flexibility index (Phi) is 4.71. The summed E-state index contributed by atoms with van der Waals surface area (Å²) in [7, 11) is 0. The molecule has 0 aliphatic rings. The molecule has 2 aromatic carbocycles. The van der Waals surface area contributed by atoms with Gasteiger partial charge in [0.2, 0.25) is 0 Å². The minimum absolute atomic E-state index is 0.290. The van der Waals surface area contributed by atoms with Gasteiger partial charge in [0.05, 0.1) is 12.5 Å². The molecule has 2 rings (SSSR count). The Balaban J connectivity index is 1.96. The van der Waals surface area contributed by atoms with E-state index in [1.54, 1.807) is 0 Å². The van der Waals surface area contributed by atoms with E-state index in [4.69, 9.17) is 4.74 Å². The van der Waals surface area contributed by atoms with E-state index in [2.05, 4.69) is 0 Å². The highest BCUT2D eigenvalue weighted by Gasteiger charge is 2.19. The largest absolute Gasteiger partial charge is 0.494 e. The molecule has 0 saturated heterocycles. The number of carbonyl (C=O) groups is 1. The predicted octanol–water partition coefficient (Wildman–Crippen LogP) is 3.46. The van der Waals surface area contributed by atoms with Crippen molar-refractivity contribution in [3.8, 4) is 5.75 Å². The number of rotatable bonds is 6. The van der Waals surface area contributed by atoms with Crippen LogP contribution in [0.4, 0.5) is 4.39 Å². The third-order valence-corrected chi connectivity index (χ3v) is 2.99. The summed E-state index contributed by atoms with van der Waals surface area (Å²) in [6, 6.07) is 14.7. The number of aliphatic carboxylic acids is 1. The minimum Gasteiger partial charge on any atom is -0.494 e. The second-order valence-electron chi connectivity index (χ2n) is 4.39. The fourth-order valence-electron chi connectivity index (χ4n) is 1.94. The summed E-state index contributed by atoms with van der Waals surface area (Å²) in [4.78, 5) is 11.3. The lowest BCUT2D eigenvalue weighted by Gasteiger charge is -2.13. The second-order valence-corrected chi connectivity index (χ2v) is 4.39. The van der Waals surface area contributed by atoms with Crippen LogP contribution >= 0.6 is 0 Å². The fraction of sp³-hybridized carbons (Fsp3) is 0.188. The van der Waals surface area contributed by atoms with Crippen LogP contribution in [0.1, 0.15) is 17.9 Å². The van der Waals surface area contributed by atoms with Crippen LogP contribution < -0.4 is 4.74 Å². The van der Waals surface area contributed by atoms with E-state index < -0.39 is 11.9 Å². The molecular weight excluding hydrogens is 259 g/mol. The van der Waals surface area contributed by atoms with Gasteiger partial charge in [0.1, 0.15) is 11.6 Å². The van der Waals surface area contributed by atoms with Crippen molar-refractivity contribution >= 4 is 5.97 Å². The molecule has 0 fully saturated rings. The molecule has 1 atom stereocenters. The first-order valence-corrected chi connectivity index (χ1v) is 6.33. The lowest BCUT2D eigenvalue weighted by atomic mass is 9.96. The Morgan fingerprint density at radius 2 is 1.75 bits per heavy atom. The van der Waals surface area contributed by atoms with Crippen molar-refractivity contribution in [3.05, 3.63) is 66.0 Å². The quantitative estimate of drug-likeness (QED) is 0.877. The van der Waals surface area contributed by atoms with Crippen molar-refractivity contribution in [2.75, 3.05) is 6.61 Å². The van der Waals surface area contributed by atoms with Crippen molar-refractivity contribution in [1.29, 1.82) is 0 Å². The maximum absolute atomic E-state index is 12.9. The second kappa shape index (κ2) is 6.70. The predicted molar refractivity (Wildman–Crippen MR) is 73.3 cm³/mol. The number of benzene rings is 2. The average Bonchev–Trinajstić information content (AvgIpc) is 2.46. The van der Waals surface area contributed by atoms with Crippen molar-refractivity contribution in [2.45, 2.75) is 12.3 Å². The van der Waals surface area contributed by atoms with Gasteiger partial charge in [-0.2, -0.15) is 0 Å². The molecular formula is C16H15FO3. The first kappa shape index (κ1) is 14.1. The van der Waals surface area contributed by atoms with Crippen molar-refractivity contribution in [3.63, 3.8) is 0 Å². The number of hydrogen-bond donors (Lipinski definition) is 1. The molecule has 2 aromatic rings. The number of para-hydroxylation sites is 1. The van der Waals surface area contributed by atoms with Gasteiger partial charge in [0.25, 0.3) is 0 Å². The molecule has 0 amide bonds. The van der Waals surface area contributed by atoms with Crippen LogP contribution in [0.2, 0.25) is 0 Å². The van der Waals surface area contributed by atoms with Crippen LogP contribution in [0.3, 0.4) is 0 Å². The maximum atomic E-state index is 12.9. The molecule has 0 radical (unpaired) electrons. The van der Waals surface area contributed by atoms with E-state index in [1.165, 1.54) is 24.3 Å². The van der Waals surface area contributed by atoms with Crippen molar-refractivity contribution < 1.29 is 19.0 Å². The molecule has 0 heterocycles. The zero-order valence-corrected chi connectivity index (χ0v) is 10.8. The maximum Gasteiger partial charge on any atom is 0.311 e. The molecule has 1 unspecified atom stereocenters. The summed E-state index contributed by atoms with van der Waals surface area (Å²) in [5, 5.41) is 9.24. The van der Waals surface area contributed by atoms with Crippen LogP contribution in [-0.2, 0) is 4.79 Å². The molecule has 0 aliphatic carbocycles. The van der Waals surface area contributed by atoms with Crippen LogP contribution in [0.25, 0.3) is 0 Å². The Morgan fingerprint density at radius 3 is 2.35 bits per heavy atom. The number of hydrogen-bond acceptors (Lipinski definition) is 2. The number of halogens is 1. The molecule has 3 nitrogen and oxygen atoms in total. The van der Waals surface area contributed by atoms with Crippen molar-refractivity contribution in [1.82, 2.24) is 0 Å². The molecule has 0 aliphatic heterocycles. The average molecular weight is 274 g/mol. The van der Waals surface area contributed by atoms with Gasteiger partial charge < -0.3 is 9.84 Å². The van der Waals surface area contributed by atoms with E-state index in [9.17, 15) is 14.3 Å². The number of carboxylic acid groups (broad SMARTS) is 1. The Morgan fingerprint density at radius 1 is 1.10 bits per heavy atom. The first-order chi connectivity index (χ1) is 9.66. The Hall–Kier alpha value is -2.36. The molecule has 0 bridgehead atoms. The minimum atomic E-state index is -0.937. The molecule has 4 heteroatoms. The zero-order valence-electron chi connectivity index (χ0n) is 10.8. The van der Waals surface area contributed by atoms with E-state index in [1.807, 2.05) is 30.3 Å². The topological polar surface area (TPSA) is 46.5 Å². The third kappa shape index (κ3) is 3.82. The van der Waals surface area contributed by atoms with Gasteiger partial charge >= 0.3 is 5.97 Å². The van der Waals surface area contributed by atoms with Crippen LogP contribution in [0, 0.1) is 5.82 Å².